The first-order valence-electron chi connectivity index (χ1n) is 17.5. The molecule has 1 saturated heterocycles. The van der Waals surface area contributed by atoms with Gasteiger partial charge >= 0.3 is 6.09 Å². The minimum atomic E-state index is -3.82. The van der Waals surface area contributed by atoms with Crippen LogP contribution in [0.5, 0.6) is 0 Å². The van der Waals surface area contributed by atoms with Crippen LogP contribution in [0, 0.1) is 11.8 Å². The molecule has 4 rings (SSSR count). The van der Waals surface area contributed by atoms with Crippen LogP contribution in [0.25, 0.3) is 0 Å². The topological polar surface area (TPSA) is 155 Å². The summed E-state index contributed by atoms with van der Waals surface area (Å²) in [5, 5.41) is 13.0. The molecule has 12 heteroatoms. The second-order valence-corrected chi connectivity index (χ2v) is 15.7. The van der Waals surface area contributed by atoms with Gasteiger partial charge in [-0.05, 0) is 60.1 Å². The largest absolute Gasteiger partial charge is 0.453 e. The van der Waals surface area contributed by atoms with Crippen LogP contribution >= 0.6 is 0 Å². The number of hydrogen-bond donors (Lipinski definition) is 5. The predicted molar refractivity (Wildman–Crippen MR) is 198 cm³/mol. The van der Waals surface area contributed by atoms with Gasteiger partial charge in [-0.2, -0.15) is 4.31 Å². The van der Waals surface area contributed by atoms with Crippen molar-refractivity contribution in [3.8, 4) is 0 Å². The summed E-state index contributed by atoms with van der Waals surface area (Å²) in [6.07, 6.45) is 0.669. The van der Waals surface area contributed by atoms with Gasteiger partial charge < -0.3 is 31.7 Å². The third kappa shape index (κ3) is 10.5. The van der Waals surface area contributed by atoms with Gasteiger partial charge in [0.1, 0.15) is 6.04 Å². The van der Waals surface area contributed by atoms with Crippen LogP contribution in [0.15, 0.2) is 89.8 Å². The number of nitrogen functional groups attached to an aromatic ring is 1. The van der Waals surface area contributed by atoms with Crippen molar-refractivity contribution in [2.75, 3.05) is 39.0 Å². The van der Waals surface area contributed by atoms with Gasteiger partial charge in [-0.1, -0.05) is 88.4 Å². The number of sulfonamides is 1. The fourth-order valence-electron chi connectivity index (χ4n) is 6.53. The molecule has 1 unspecified atom stereocenters. The van der Waals surface area contributed by atoms with E-state index in [4.69, 9.17) is 10.5 Å². The highest BCUT2D eigenvalue weighted by molar-refractivity contribution is 7.89. The van der Waals surface area contributed by atoms with Crippen LogP contribution in [0.1, 0.15) is 57.6 Å². The number of nitrogens with one attached hydrogen (secondary N) is 4. The molecule has 1 aliphatic rings. The summed E-state index contributed by atoms with van der Waals surface area (Å²) in [7, 11) is -2.54. The van der Waals surface area contributed by atoms with Crippen molar-refractivity contribution in [3.05, 3.63) is 96.1 Å². The third-order valence-electron chi connectivity index (χ3n) is 9.09. The molecule has 2 amide bonds. The first-order valence-corrected chi connectivity index (χ1v) is 18.9. The predicted octanol–water partition coefficient (Wildman–Crippen LogP) is 4.32. The molecule has 1 aliphatic heterocycles. The van der Waals surface area contributed by atoms with E-state index in [2.05, 4.69) is 49.0 Å². The zero-order valence-corrected chi connectivity index (χ0v) is 30.7. The summed E-state index contributed by atoms with van der Waals surface area (Å²) >= 11 is 0. The van der Waals surface area contributed by atoms with Gasteiger partial charge in [-0.3, -0.25) is 4.79 Å². The van der Waals surface area contributed by atoms with E-state index in [1.54, 1.807) is 28.6 Å². The Morgan fingerprint density at radius 2 is 1.48 bits per heavy atom. The van der Waals surface area contributed by atoms with Crippen LogP contribution < -0.4 is 27.0 Å². The summed E-state index contributed by atoms with van der Waals surface area (Å²) in [6.45, 7) is 10.2. The number of anilines is 1. The number of benzene rings is 3. The van der Waals surface area contributed by atoms with Crippen molar-refractivity contribution in [2.24, 2.45) is 11.8 Å². The lowest BCUT2D eigenvalue weighted by Gasteiger charge is -2.34. The van der Waals surface area contributed by atoms with E-state index in [0.29, 0.717) is 50.6 Å². The summed E-state index contributed by atoms with van der Waals surface area (Å²) in [5.74, 6) is -0.265. The summed E-state index contributed by atoms with van der Waals surface area (Å²) < 4.78 is 34.6. The normalized spacial score (nSPS) is 17.6. The molecule has 0 bridgehead atoms. The lowest BCUT2D eigenvalue weighted by Crippen LogP contribution is -2.57. The number of amides is 2. The maximum Gasteiger partial charge on any atom is 0.407 e. The molecule has 0 radical (unpaired) electrons. The van der Waals surface area contributed by atoms with E-state index < -0.39 is 28.1 Å². The molecule has 272 valence electrons. The Morgan fingerprint density at radius 1 is 0.880 bits per heavy atom. The number of alkyl carbamates (subject to hydrolysis) is 1. The summed E-state index contributed by atoms with van der Waals surface area (Å²) in [6, 6.07) is 23.7. The van der Waals surface area contributed by atoms with E-state index in [0.717, 1.165) is 11.1 Å². The molecule has 3 aromatic rings. The Bertz CT molecular complexity index is 1570. The van der Waals surface area contributed by atoms with Gasteiger partial charge in [0, 0.05) is 49.9 Å². The van der Waals surface area contributed by atoms with Crippen molar-refractivity contribution in [2.45, 2.75) is 75.5 Å². The second kappa shape index (κ2) is 18.3. The van der Waals surface area contributed by atoms with Crippen molar-refractivity contribution < 1.29 is 22.7 Å². The summed E-state index contributed by atoms with van der Waals surface area (Å²) in [4.78, 5) is 27.2. The maximum absolute atomic E-state index is 14.3. The van der Waals surface area contributed by atoms with Crippen molar-refractivity contribution in [1.82, 2.24) is 25.6 Å². The number of nitrogens with zero attached hydrogens (tertiary/aromatic N) is 1. The molecule has 1 heterocycles. The number of rotatable bonds is 17. The van der Waals surface area contributed by atoms with Gasteiger partial charge in [0.2, 0.25) is 15.9 Å². The van der Waals surface area contributed by atoms with Gasteiger partial charge in [-0.15, -0.1) is 0 Å². The molecule has 0 aromatic heterocycles. The molecule has 0 saturated carbocycles. The van der Waals surface area contributed by atoms with Crippen molar-refractivity contribution >= 4 is 27.7 Å². The van der Waals surface area contributed by atoms with Crippen LogP contribution in [-0.2, 0) is 19.6 Å². The number of ether oxygens (including phenoxy) is 1. The van der Waals surface area contributed by atoms with Gasteiger partial charge in [0.25, 0.3) is 0 Å². The first-order chi connectivity index (χ1) is 23.9. The molecule has 4 atom stereocenters. The van der Waals surface area contributed by atoms with Crippen molar-refractivity contribution in [1.29, 1.82) is 0 Å². The van der Waals surface area contributed by atoms with E-state index in [1.807, 2.05) is 60.7 Å². The second-order valence-electron chi connectivity index (χ2n) is 13.9. The molecule has 11 nitrogen and oxygen atoms in total. The number of carbonyl (C=O) groups excluding carboxylic acids is 2. The van der Waals surface area contributed by atoms with Gasteiger partial charge in [0.15, 0.2) is 0 Å². The standard InChI is InChI=1S/C38H54N6O5S/c1-26(2)20-21-44(50(47,48)32-18-16-30(39)17-19-32)34-25-40-24-33(34)41-23-31(22-27(3)4)42-37(45)36(43-38(46)49-5)35(28-12-8-6-9-13-28)29-14-10-7-11-15-29/h6-19,26-27,31,33-36,40-41H,20-25,39H2,1-5H3,(H,42,45)(H,43,46)/t31?,33-,34-,36+/m1/s1. The lowest BCUT2D eigenvalue weighted by molar-refractivity contribution is -0.124. The van der Waals surface area contributed by atoms with E-state index in [-0.39, 0.29) is 34.8 Å². The Morgan fingerprint density at radius 3 is 2.02 bits per heavy atom. The lowest BCUT2D eigenvalue weighted by atomic mass is 9.84. The molecular formula is C38H54N6O5S. The number of nitrogens with two attached hydrogens (primary N) is 1. The van der Waals surface area contributed by atoms with Crippen molar-refractivity contribution in [3.63, 3.8) is 0 Å². The molecule has 0 spiro atoms. The quantitative estimate of drug-likeness (QED) is 0.130. The zero-order chi connectivity index (χ0) is 36.3. The van der Waals surface area contributed by atoms with E-state index >= 15 is 0 Å². The first kappa shape index (κ1) is 38.8. The molecule has 0 aliphatic carbocycles. The Hall–Kier alpha value is -3.97. The average molecular weight is 707 g/mol. The Kier molecular flexibility index (Phi) is 14.2. The third-order valence-corrected chi connectivity index (χ3v) is 11.0. The van der Waals surface area contributed by atoms with Crippen LogP contribution in [0.3, 0.4) is 0 Å². The molecule has 3 aromatic carbocycles. The van der Waals surface area contributed by atoms with E-state index in [1.165, 1.54) is 7.11 Å². The number of hydrogen-bond acceptors (Lipinski definition) is 8. The van der Waals surface area contributed by atoms with Crippen LogP contribution in [0.2, 0.25) is 0 Å². The Labute approximate surface area is 297 Å². The zero-order valence-electron chi connectivity index (χ0n) is 29.8. The molecule has 50 heavy (non-hydrogen) atoms. The summed E-state index contributed by atoms with van der Waals surface area (Å²) in [5.41, 5.74) is 8.11. The van der Waals surface area contributed by atoms with Crippen LogP contribution in [0.4, 0.5) is 10.5 Å². The fraction of sp³-hybridized carbons (Fsp3) is 0.474. The van der Waals surface area contributed by atoms with Gasteiger partial charge in [0.05, 0.1) is 18.0 Å². The highest BCUT2D eigenvalue weighted by Gasteiger charge is 2.40. The molecule has 1 fully saturated rings. The smallest absolute Gasteiger partial charge is 0.407 e. The van der Waals surface area contributed by atoms with Gasteiger partial charge in [-0.25, -0.2) is 13.2 Å². The maximum atomic E-state index is 14.3. The molecule has 6 N–H and O–H groups in total. The highest BCUT2D eigenvalue weighted by Crippen LogP contribution is 2.29. The SMILES string of the molecule is COC(=O)N[C@H](C(=O)NC(CN[C@@H]1CNC[C@H]1N(CCC(C)C)S(=O)(=O)c1ccc(N)cc1)CC(C)C)C(c1ccccc1)c1ccccc1. The number of carbonyl (C=O) groups is 2. The van der Waals surface area contributed by atoms with E-state index in [9.17, 15) is 18.0 Å². The number of methoxy groups -OCH3 is 1. The highest BCUT2D eigenvalue weighted by atomic mass is 32.2. The average Bonchev–Trinajstić information content (AvgIpc) is 3.55. The molecular weight excluding hydrogens is 653 g/mol. The van der Waals surface area contributed by atoms with Crippen LogP contribution in [-0.4, -0.2) is 82.2 Å². The minimum Gasteiger partial charge on any atom is -0.453 e. The Balaban J connectivity index is 1.58. The minimum absolute atomic E-state index is 0.206. The monoisotopic (exact) mass is 706 g/mol. The fourth-order valence-corrected chi connectivity index (χ4v) is 8.21.